The molecular weight excluding hydrogens is 508 g/mol. The van der Waals surface area contributed by atoms with Crippen LogP contribution in [0.5, 0.6) is 17.2 Å². The normalized spacial score (nSPS) is 16.5. The minimum Gasteiger partial charge on any atom is -0.507 e. The van der Waals surface area contributed by atoms with Crippen LogP contribution in [0.3, 0.4) is 0 Å². The molecule has 0 bridgehead atoms. The molecule has 9 heteroatoms. The Kier molecular flexibility index (Phi) is 7.83. The maximum absolute atomic E-state index is 13.5. The molecule has 3 aromatic carbocycles. The summed E-state index contributed by atoms with van der Waals surface area (Å²) in [5.41, 5.74) is 2.10. The first kappa shape index (κ1) is 26.9. The number of carbonyl (C=O) groups excluding carboxylic acids is 2. The summed E-state index contributed by atoms with van der Waals surface area (Å²) in [5.74, 6) is -0.939. The van der Waals surface area contributed by atoms with Crippen LogP contribution >= 0.6 is 11.6 Å². The van der Waals surface area contributed by atoms with Gasteiger partial charge in [-0.15, -0.1) is 0 Å². The Labute approximate surface area is 226 Å². The second-order valence-corrected chi connectivity index (χ2v) is 9.18. The molecule has 1 aliphatic heterocycles. The monoisotopic (exact) mass is 536 g/mol. The van der Waals surface area contributed by atoms with E-state index in [0.717, 1.165) is 5.69 Å². The maximum atomic E-state index is 13.5. The van der Waals surface area contributed by atoms with E-state index in [4.69, 9.17) is 25.8 Å². The number of anilines is 2. The Hall–Kier alpha value is -4.17. The third kappa shape index (κ3) is 4.87. The molecule has 1 amide bonds. The van der Waals surface area contributed by atoms with Gasteiger partial charge in [0.15, 0.2) is 0 Å². The number of aliphatic hydroxyl groups excluding tert-OH is 1. The number of aliphatic hydroxyl groups is 1. The molecule has 8 nitrogen and oxygen atoms in total. The maximum Gasteiger partial charge on any atom is 0.300 e. The van der Waals surface area contributed by atoms with Crippen LogP contribution in [0.1, 0.15) is 24.1 Å². The number of carbonyl (C=O) groups is 2. The third-order valence-electron chi connectivity index (χ3n) is 6.30. The lowest BCUT2D eigenvalue weighted by Gasteiger charge is -2.26. The van der Waals surface area contributed by atoms with Gasteiger partial charge in [-0.05, 0) is 55.0 Å². The number of amides is 1. The van der Waals surface area contributed by atoms with Crippen LogP contribution in [-0.2, 0) is 9.59 Å². The van der Waals surface area contributed by atoms with E-state index in [0.29, 0.717) is 23.6 Å². The van der Waals surface area contributed by atoms with Crippen LogP contribution in [-0.4, -0.2) is 51.7 Å². The van der Waals surface area contributed by atoms with Crippen LogP contribution < -0.4 is 24.0 Å². The Morgan fingerprint density at radius 2 is 1.68 bits per heavy atom. The summed E-state index contributed by atoms with van der Waals surface area (Å²) in [7, 11) is 6.68. The van der Waals surface area contributed by atoms with Crippen molar-refractivity contribution >= 4 is 40.4 Å². The largest absolute Gasteiger partial charge is 0.507 e. The first-order valence-corrected chi connectivity index (χ1v) is 12.3. The van der Waals surface area contributed by atoms with Gasteiger partial charge in [0.1, 0.15) is 23.0 Å². The minimum absolute atomic E-state index is 0.0944. The number of ether oxygens (including phenoxy) is 3. The van der Waals surface area contributed by atoms with E-state index >= 15 is 0 Å². The Balaban J connectivity index is 1.97. The lowest BCUT2D eigenvalue weighted by molar-refractivity contribution is -0.132. The highest BCUT2D eigenvalue weighted by molar-refractivity contribution is 6.51. The molecule has 0 aliphatic carbocycles. The summed E-state index contributed by atoms with van der Waals surface area (Å²) in [6.07, 6.45) is 0. The molecule has 1 saturated heterocycles. The number of hydrogen-bond acceptors (Lipinski definition) is 7. The number of ketones is 1. The van der Waals surface area contributed by atoms with E-state index in [2.05, 4.69) is 0 Å². The standard InChI is InChI=1S/C29H29ClN2O6/c1-6-38-20-9-7-8-17(14-20)26-25(27(33)21-15-24(37-5)22(30)16-23(21)36-4)28(34)29(35)32(26)19-12-10-18(11-13-19)31(2)3/h7-16,26,33H,6H2,1-5H3/b27-25+. The van der Waals surface area contributed by atoms with Crippen LogP contribution in [0.2, 0.25) is 5.02 Å². The second kappa shape index (κ2) is 11.1. The Bertz CT molecular complexity index is 1400. The highest BCUT2D eigenvalue weighted by Gasteiger charge is 2.47. The van der Waals surface area contributed by atoms with Gasteiger partial charge < -0.3 is 24.2 Å². The van der Waals surface area contributed by atoms with E-state index in [1.165, 1.54) is 31.3 Å². The SMILES string of the molecule is CCOc1cccc(C2/C(=C(\O)c3cc(OC)c(Cl)cc3OC)C(=O)C(=O)N2c2ccc(N(C)C)cc2)c1. The van der Waals surface area contributed by atoms with Crippen molar-refractivity contribution in [3.8, 4) is 17.2 Å². The van der Waals surface area contributed by atoms with Gasteiger partial charge in [0.05, 0.1) is 43.0 Å². The lowest BCUT2D eigenvalue weighted by Crippen LogP contribution is -2.29. The van der Waals surface area contributed by atoms with Gasteiger partial charge in [0, 0.05) is 31.5 Å². The van der Waals surface area contributed by atoms with E-state index in [-0.39, 0.29) is 27.7 Å². The minimum atomic E-state index is -0.938. The zero-order valence-electron chi connectivity index (χ0n) is 21.8. The van der Waals surface area contributed by atoms with Gasteiger partial charge in [-0.3, -0.25) is 14.5 Å². The lowest BCUT2D eigenvalue weighted by atomic mass is 9.94. The summed E-state index contributed by atoms with van der Waals surface area (Å²) >= 11 is 6.26. The predicted octanol–water partition coefficient (Wildman–Crippen LogP) is 5.45. The number of hydrogen-bond donors (Lipinski definition) is 1. The molecule has 0 saturated carbocycles. The molecule has 0 aromatic heterocycles. The Morgan fingerprint density at radius 3 is 2.29 bits per heavy atom. The quantitative estimate of drug-likeness (QED) is 0.233. The molecule has 0 spiro atoms. The van der Waals surface area contributed by atoms with Gasteiger partial charge in [-0.1, -0.05) is 23.7 Å². The number of halogens is 1. The van der Waals surface area contributed by atoms with Gasteiger partial charge in [0.2, 0.25) is 0 Å². The van der Waals surface area contributed by atoms with Crippen LogP contribution in [0.15, 0.2) is 66.2 Å². The summed E-state index contributed by atoms with van der Waals surface area (Å²) in [6.45, 7) is 2.31. The number of Topliss-reactive ketones (excluding diaryl/α,β-unsaturated/α-hetero) is 1. The van der Waals surface area contributed by atoms with Crippen molar-refractivity contribution in [3.63, 3.8) is 0 Å². The number of benzene rings is 3. The first-order chi connectivity index (χ1) is 18.2. The fourth-order valence-corrected chi connectivity index (χ4v) is 4.69. The van der Waals surface area contributed by atoms with E-state index < -0.39 is 23.5 Å². The number of nitrogens with zero attached hydrogens (tertiary/aromatic N) is 2. The molecule has 1 heterocycles. The first-order valence-electron chi connectivity index (χ1n) is 11.9. The predicted molar refractivity (Wildman–Crippen MR) is 148 cm³/mol. The molecular formula is C29H29ClN2O6. The summed E-state index contributed by atoms with van der Waals surface area (Å²) in [5, 5.41) is 11.8. The van der Waals surface area contributed by atoms with Crippen molar-refractivity contribution < 1.29 is 28.9 Å². The third-order valence-corrected chi connectivity index (χ3v) is 6.60. The van der Waals surface area contributed by atoms with Gasteiger partial charge >= 0.3 is 0 Å². The van der Waals surface area contributed by atoms with Crippen molar-refractivity contribution in [2.45, 2.75) is 13.0 Å². The summed E-state index contributed by atoms with van der Waals surface area (Å²) in [6, 6.07) is 16.4. The zero-order chi connectivity index (χ0) is 27.6. The molecule has 4 rings (SSSR count). The average molecular weight is 537 g/mol. The molecule has 3 aromatic rings. The summed E-state index contributed by atoms with van der Waals surface area (Å²) in [4.78, 5) is 30.4. The number of methoxy groups -OCH3 is 2. The van der Waals surface area contributed by atoms with Crippen molar-refractivity contribution in [3.05, 3.63) is 82.4 Å². The average Bonchev–Trinajstić information content (AvgIpc) is 3.18. The van der Waals surface area contributed by atoms with Gasteiger partial charge in [-0.25, -0.2) is 0 Å². The number of rotatable bonds is 8. The molecule has 1 fully saturated rings. The van der Waals surface area contributed by atoms with Crippen LogP contribution in [0.4, 0.5) is 11.4 Å². The van der Waals surface area contributed by atoms with E-state index in [1.54, 1.807) is 36.4 Å². The molecule has 38 heavy (non-hydrogen) atoms. The summed E-state index contributed by atoms with van der Waals surface area (Å²) < 4.78 is 16.4. The van der Waals surface area contributed by atoms with Gasteiger partial charge in [0.25, 0.3) is 11.7 Å². The van der Waals surface area contributed by atoms with E-state index in [1.807, 2.05) is 38.1 Å². The van der Waals surface area contributed by atoms with Crippen LogP contribution in [0.25, 0.3) is 5.76 Å². The topological polar surface area (TPSA) is 88.5 Å². The van der Waals surface area contributed by atoms with Crippen molar-refractivity contribution in [2.75, 3.05) is 44.7 Å². The molecule has 1 N–H and O–H groups in total. The smallest absolute Gasteiger partial charge is 0.300 e. The Morgan fingerprint density at radius 1 is 1.00 bits per heavy atom. The zero-order valence-corrected chi connectivity index (χ0v) is 22.6. The molecule has 1 atom stereocenters. The molecule has 0 radical (unpaired) electrons. The molecule has 198 valence electrons. The second-order valence-electron chi connectivity index (χ2n) is 8.77. The van der Waals surface area contributed by atoms with Crippen LogP contribution in [0, 0.1) is 0 Å². The van der Waals surface area contributed by atoms with E-state index in [9.17, 15) is 14.7 Å². The van der Waals surface area contributed by atoms with Crippen molar-refractivity contribution in [1.82, 2.24) is 0 Å². The highest BCUT2D eigenvalue weighted by atomic mass is 35.5. The van der Waals surface area contributed by atoms with Crippen molar-refractivity contribution in [1.29, 1.82) is 0 Å². The fraction of sp³-hybridized carbons (Fsp3) is 0.241. The molecule has 1 aliphatic rings. The van der Waals surface area contributed by atoms with Crippen molar-refractivity contribution in [2.24, 2.45) is 0 Å². The highest BCUT2D eigenvalue weighted by Crippen LogP contribution is 2.45. The van der Waals surface area contributed by atoms with Gasteiger partial charge in [-0.2, -0.15) is 0 Å². The molecule has 1 unspecified atom stereocenters. The fourth-order valence-electron chi connectivity index (χ4n) is 4.46.